The molecule has 1 aliphatic heterocycles. The number of thiol groups is 1. The lowest BCUT2D eigenvalue weighted by molar-refractivity contribution is -0.118. The summed E-state index contributed by atoms with van der Waals surface area (Å²) in [6.45, 7) is 111. The van der Waals surface area contributed by atoms with E-state index in [0.29, 0.717) is 47.6 Å². The predicted molar refractivity (Wildman–Crippen MR) is 623 cm³/mol. The summed E-state index contributed by atoms with van der Waals surface area (Å²) in [5.41, 5.74) is 15.8. The van der Waals surface area contributed by atoms with E-state index in [1.165, 1.54) is 124 Å². The molecule has 800 valence electrons. The number of unbranched alkanes of at least 4 members (excludes halogenated alkanes) is 2. The lowest BCUT2D eigenvalue weighted by atomic mass is 9.95. The van der Waals surface area contributed by atoms with Crippen molar-refractivity contribution in [3.63, 3.8) is 0 Å². The van der Waals surface area contributed by atoms with Gasteiger partial charge in [0.05, 0.1) is 11.9 Å². The van der Waals surface area contributed by atoms with E-state index >= 15 is 0 Å². The third kappa shape index (κ3) is 204. The molecule has 0 spiro atoms. The Labute approximate surface area is 850 Å². The van der Waals surface area contributed by atoms with E-state index in [4.69, 9.17) is 16.6 Å². The molecule has 2 aliphatic rings. The lowest BCUT2D eigenvalue weighted by Crippen LogP contribution is -2.10. The number of nitrogens with two attached hydrogens (primary N) is 2. The summed E-state index contributed by atoms with van der Waals surface area (Å²) < 4.78 is 0. The number of primary amides is 1. The standard InChI is InChI=1S/C11H16.C10H14.C8H18N2.C8H13N.C8H16.C8H18.C7H14O.2C7H16.C6H13NO.2C6H12O.C6H14S.C6H14.C5H12O.C5H12.C4H10S.C4H10/c1-9(2)8-11-6-4-10(3)5-7-11;1-9(2)8-10-6-4-3-5-7-10;1-7(2)5-4-6-10-8(3)9;1-7(2)6-8-4-3-5-9-8;1-7(2)8-5-3-4-6-8;1-4-5-6-7-8(2)3;1-6(2)4-5-7(3)8;1-6(2)5-7(3)4;1-5-7(4)6(2)3;1-5(2)3-4-6(7)8;2*1-5(2)4-6(3)7;1-6(2)4-5-7-3;1-5(2)6(3)4;1-4(2)5(3)6;1-4-5(2)3;1-4(2)3-5;1-4(2)3/h4-7,9H,8H2,1-3H3;3-7,9H,8H2,1-2H3;7H,4-6H2,1-3H3,(H2,9,10);4-5,7H,3,6H2,1-2H3;7-8H,3-6H2,1-2H3;8H,4-7H2,1-3H3;6H,4-5H2,1-3H3;2*6-7H,5H2,1-4H3;5H,3-4H2,1-2H3,(H2,7,8);2*5H,4H2,1-3H3;6H,4-5H2,1-3H3;5-6H,1-4H3;4-6H,1-3H3;5H,4H2,1-3H3;4-5H,3H2,1-2H3;4H,1-3H3. The third-order valence-electron chi connectivity index (χ3n) is 20.2. The number of Topliss-reactive ketones (excluding diaryl/α,β-unsaturated/α-hetero) is 3. The molecule has 2 aromatic rings. The Hall–Kier alpha value is -3.54. The zero-order chi connectivity index (χ0) is 107. The highest BCUT2D eigenvalue weighted by Gasteiger charge is 2.17. The minimum atomic E-state index is -0.196. The van der Waals surface area contributed by atoms with Crippen LogP contribution in [0.15, 0.2) is 76.4 Å². The number of hydrogen-bond acceptors (Lipinski definition) is 9. The maximum atomic E-state index is 10.3. The minimum absolute atomic E-state index is 0.148. The van der Waals surface area contributed by atoms with Crippen molar-refractivity contribution in [2.75, 3.05) is 24.3 Å². The summed E-state index contributed by atoms with van der Waals surface area (Å²) >= 11 is 5.95. The first-order valence-electron chi connectivity index (χ1n) is 54.2. The van der Waals surface area contributed by atoms with Crippen LogP contribution in [0, 0.1) is 137 Å². The number of carbonyl (C=O) groups excluding carboxylic acids is 4. The van der Waals surface area contributed by atoms with E-state index in [1.54, 1.807) is 27.7 Å². The number of hydrogen-bond donors (Lipinski definition) is 4. The lowest BCUT2D eigenvalue weighted by Gasteiger charge is -2.11. The number of amidine groups is 1. The second kappa shape index (κ2) is 117. The Morgan fingerprint density at radius 1 is 0.436 bits per heavy atom. The highest BCUT2D eigenvalue weighted by Crippen LogP contribution is 2.30. The minimum Gasteiger partial charge on any atom is -0.393 e. The topological polar surface area (TPSA) is 165 Å². The van der Waals surface area contributed by atoms with Crippen LogP contribution in [0.1, 0.15) is 504 Å². The molecule has 1 heterocycles. The van der Waals surface area contributed by atoms with Crippen molar-refractivity contribution in [3.8, 4) is 0 Å². The first kappa shape index (κ1) is 160. The van der Waals surface area contributed by atoms with Crippen LogP contribution in [0.5, 0.6) is 0 Å². The Kier molecular flexibility index (Phi) is 141. The van der Waals surface area contributed by atoms with Gasteiger partial charge in [-0.2, -0.15) is 24.4 Å². The van der Waals surface area contributed by atoms with Crippen LogP contribution in [0.2, 0.25) is 0 Å². The summed E-state index contributed by atoms with van der Waals surface area (Å²) in [6, 6.07) is 19.4. The van der Waals surface area contributed by atoms with Crippen molar-refractivity contribution in [2.45, 2.75) is 513 Å². The quantitative estimate of drug-likeness (QED) is 0.0228. The second-order valence-corrected chi connectivity index (χ2v) is 47.1. The molecule has 5 N–H and O–H groups in total. The van der Waals surface area contributed by atoms with Crippen LogP contribution < -0.4 is 11.5 Å². The number of carbonyl (C=O) groups is 4. The number of allylic oxidation sites excluding steroid dienone is 2. The van der Waals surface area contributed by atoms with Crippen molar-refractivity contribution in [1.82, 2.24) is 0 Å². The van der Waals surface area contributed by atoms with E-state index in [2.05, 4.69) is 366 Å². The van der Waals surface area contributed by atoms with Gasteiger partial charge in [-0.1, -0.05) is 442 Å². The van der Waals surface area contributed by atoms with Gasteiger partial charge in [0.1, 0.15) is 17.3 Å². The molecule has 0 aromatic heterocycles. The van der Waals surface area contributed by atoms with Gasteiger partial charge in [-0.15, -0.1) is 0 Å². The molecule has 1 saturated carbocycles. The molecular weight excluding hydrogens is 1670 g/mol. The van der Waals surface area contributed by atoms with Crippen LogP contribution in [-0.2, 0) is 32.0 Å². The number of ketones is 3. The van der Waals surface area contributed by atoms with Crippen LogP contribution in [-0.4, -0.2) is 70.8 Å². The third-order valence-corrected chi connectivity index (χ3v) is 21.5. The molecule has 1 fully saturated rings. The Bertz CT molecular complexity index is 2580. The number of rotatable bonds is 36. The SMILES string of the molecule is CC(=O)CC(C)C.CC(=O)CC(C)C.CC(=O)CCC(C)C.CC(C)C.CC(C)C(C)C.CC(C)C(C)O.CC(C)C1CCCC1.CC(C)CC(C)C.CC(C)CC1=CCC=N1.CC(C)CCC(N)=O.CC(C)CS.CC(C)Cc1ccccc1.CC(N)=NCCCC(C)C.CCC(C)C.CCC(C)C(C)C.CCCCCC(C)C.CSCCC(C)C.Cc1ccc(CC(C)C)cc1. The summed E-state index contributed by atoms with van der Waals surface area (Å²) in [7, 11) is 0. The maximum absolute atomic E-state index is 10.3. The molecular formula is C122H250N4O5S2. The van der Waals surface area contributed by atoms with E-state index < -0.39 is 0 Å². The molecule has 2 unspecified atom stereocenters. The summed E-state index contributed by atoms with van der Waals surface area (Å²) in [6.07, 6.45) is 34.7. The van der Waals surface area contributed by atoms with Crippen molar-refractivity contribution < 1.29 is 24.3 Å². The van der Waals surface area contributed by atoms with Crippen molar-refractivity contribution in [3.05, 3.63) is 83.1 Å². The molecule has 133 heavy (non-hydrogen) atoms. The normalized spacial score (nSPS) is 12.1. The maximum Gasteiger partial charge on any atom is 0.217 e. The summed E-state index contributed by atoms with van der Waals surface area (Å²) in [4.78, 5) is 49.3. The predicted octanol–water partition coefficient (Wildman–Crippen LogP) is 38.9. The molecule has 4 rings (SSSR count). The van der Waals surface area contributed by atoms with Gasteiger partial charge < -0.3 is 31.0 Å². The number of aliphatic hydroxyl groups is 1. The van der Waals surface area contributed by atoms with Gasteiger partial charge in [0.15, 0.2) is 0 Å². The Morgan fingerprint density at radius 3 is 0.985 bits per heavy atom. The van der Waals surface area contributed by atoms with Gasteiger partial charge in [0.2, 0.25) is 5.91 Å². The average molecular weight is 1920 g/mol. The smallest absolute Gasteiger partial charge is 0.217 e. The van der Waals surface area contributed by atoms with Gasteiger partial charge in [-0.05, 0) is 258 Å². The fourth-order valence-corrected chi connectivity index (χ4v) is 11.0. The van der Waals surface area contributed by atoms with Gasteiger partial charge in [-0.3, -0.25) is 14.8 Å². The zero-order valence-electron chi connectivity index (χ0n) is 100. The van der Waals surface area contributed by atoms with E-state index in [1.807, 2.05) is 66.4 Å². The number of aliphatic imine (C=N–C) groups is 2. The van der Waals surface area contributed by atoms with E-state index in [9.17, 15) is 19.2 Å². The largest absolute Gasteiger partial charge is 0.393 e. The first-order chi connectivity index (χ1) is 61.1. The number of benzene rings is 2. The van der Waals surface area contributed by atoms with Crippen molar-refractivity contribution >= 4 is 59.7 Å². The average Bonchev–Trinajstić information content (AvgIpc) is 1.91. The molecule has 2 aromatic carbocycles. The van der Waals surface area contributed by atoms with Crippen molar-refractivity contribution in [1.29, 1.82) is 0 Å². The Balaban J connectivity index is -0.0000000944. The number of aliphatic hydroxyl groups excluding tert-OH is 1. The van der Waals surface area contributed by atoms with Crippen LogP contribution in [0.3, 0.4) is 0 Å². The van der Waals surface area contributed by atoms with Gasteiger partial charge >= 0.3 is 0 Å². The van der Waals surface area contributed by atoms with E-state index in [0.717, 1.165) is 164 Å². The van der Waals surface area contributed by atoms with Crippen LogP contribution in [0.4, 0.5) is 0 Å². The number of amides is 1. The van der Waals surface area contributed by atoms with Crippen LogP contribution >= 0.6 is 24.4 Å². The number of aryl methyl sites for hydroxylation is 1. The second-order valence-electron chi connectivity index (χ2n) is 45.8. The molecule has 1 aliphatic carbocycles. The van der Waals surface area contributed by atoms with Gasteiger partial charge in [-0.25, -0.2) is 0 Å². The molecule has 2 atom stereocenters. The summed E-state index contributed by atoms with van der Waals surface area (Å²) in [5.74, 6) is 20.9. The molecule has 0 radical (unpaired) electrons. The monoisotopic (exact) mass is 1920 g/mol. The fourth-order valence-electron chi connectivity index (χ4n) is 10.3. The fraction of sp³-hybridized carbons (Fsp3) is 0.836. The number of nitrogens with zero attached hydrogens (tertiary/aromatic N) is 2. The number of thioether (sulfide) groups is 1. The molecule has 0 bridgehead atoms. The summed E-state index contributed by atoms with van der Waals surface area (Å²) in [5, 5.41) is 8.63. The first-order valence-corrected chi connectivity index (χ1v) is 56.2. The van der Waals surface area contributed by atoms with E-state index in [-0.39, 0.29) is 23.6 Å². The highest BCUT2D eigenvalue weighted by molar-refractivity contribution is 7.98. The Morgan fingerprint density at radius 2 is 0.797 bits per heavy atom. The van der Waals surface area contributed by atoms with Crippen LogP contribution in [0.25, 0.3) is 0 Å². The zero-order valence-corrected chi connectivity index (χ0v) is 102. The molecule has 9 nitrogen and oxygen atoms in total. The molecule has 0 saturated heterocycles. The molecule has 1 amide bonds. The van der Waals surface area contributed by atoms with Gasteiger partial charge in [0.25, 0.3) is 0 Å². The highest BCUT2D eigenvalue weighted by atomic mass is 32.2. The molecule has 11 heteroatoms. The van der Waals surface area contributed by atoms with Crippen molar-refractivity contribution in [2.24, 2.45) is 152 Å². The van der Waals surface area contributed by atoms with Gasteiger partial charge in [0, 0.05) is 50.6 Å².